The standard InChI is InChI=1S/C16H17N3O2/c1-3-19-12-7-5-4-6-10(12)14-11-8-18(9-13(14)19)16(21)17(2)15(11)20/h4-7,11H,3,8-9H2,1-2H3. The second-order valence-electron chi connectivity index (χ2n) is 5.73. The van der Waals surface area contributed by atoms with Crippen LogP contribution in [-0.4, -0.2) is 39.9 Å². The molecule has 21 heavy (non-hydrogen) atoms. The van der Waals surface area contributed by atoms with Gasteiger partial charge in [0.05, 0.1) is 12.5 Å². The maximum Gasteiger partial charge on any atom is 0.326 e. The first-order valence-corrected chi connectivity index (χ1v) is 7.30. The van der Waals surface area contributed by atoms with Crippen molar-refractivity contribution in [1.29, 1.82) is 0 Å². The van der Waals surface area contributed by atoms with E-state index in [9.17, 15) is 9.59 Å². The summed E-state index contributed by atoms with van der Waals surface area (Å²) in [5.41, 5.74) is 3.39. The van der Waals surface area contributed by atoms with E-state index in [1.807, 2.05) is 12.1 Å². The van der Waals surface area contributed by atoms with Gasteiger partial charge in [-0.1, -0.05) is 18.2 Å². The summed E-state index contributed by atoms with van der Waals surface area (Å²) in [6, 6.07) is 8.02. The van der Waals surface area contributed by atoms with Crippen LogP contribution in [0.1, 0.15) is 24.1 Å². The van der Waals surface area contributed by atoms with Crippen molar-refractivity contribution < 1.29 is 9.59 Å². The number of carbonyl (C=O) groups excluding carboxylic acids is 2. The van der Waals surface area contributed by atoms with Gasteiger partial charge in [0.25, 0.3) is 0 Å². The highest BCUT2D eigenvalue weighted by atomic mass is 16.2. The first kappa shape index (κ1) is 12.4. The molecule has 1 aromatic heterocycles. The van der Waals surface area contributed by atoms with Crippen LogP contribution >= 0.6 is 0 Å². The lowest BCUT2D eigenvalue weighted by Crippen LogP contribution is -2.56. The Morgan fingerprint density at radius 1 is 1.24 bits per heavy atom. The molecule has 2 aliphatic heterocycles. The summed E-state index contributed by atoms with van der Waals surface area (Å²) in [6.45, 7) is 4.04. The Labute approximate surface area is 122 Å². The van der Waals surface area contributed by atoms with E-state index >= 15 is 0 Å². The number of para-hydroxylation sites is 1. The molecule has 4 rings (SSSR count). The van der Waals surface area contributed by atoms with E-state index in [0.717, 1.165) is 28.7 Å². The van der Waals surface area contributed by atoms with Gasteiger partial charge in [-0.2, -0.15) is 0 Å². The van der Waals surface area contributed by atoms with Crippen molar-refractivity contribution in [1.82, 2.24) is 14.4 Å². The summed E-state index contributed by atoms with van der Waals surface area (Å²) < 4.78 is 2.23. The van der Waals surface area contributed by atoms with Crippen LogP contribution in [0.2, 0.25) is 0 Å². The summed E-state index contributed by atoms with van der Waals surface area (Å²) in [5, 5.41) is 1.15. The van der Waals surface area contributed by atoms with E-state index in [-0.39, 0.29) is 17.9 Å². The number of amides is 3. The lowest BCUT2D eigenvalue weighted by Gasteiger charge is -2.41. The second-order valence-corrected chi connectivity index (χ2v) is 5.73. The smallest absolute Gasteiger partial charge is 0.326 e. The number of nitrogens with zero attached hydrogens (tertiary/aromatic N) is 3. The molecule has 5 nitrogen and oxygen atoms in total. The average molecular weight is 283 g/mol. The van der Waals surface area contributed by atoms with Gasteiger partial charge in [-0.05, 0) is 18.6 Å². The molecule has 0 spiro atoms. The zero-order chi connectivity index (χ0) is 14.7. The minimum atomic E-state index is -0.228. The molecule has 1 aromatic carbocycles. The number of benzene rings is 1. The van der Waals surface area contributed by atoms with Gasteiger partial charge in [0.15, 0.2) is 0 Å². The van der Waals surface area contributed by atoms with Gasteiger partial charge >= 0.3 is 6.03 Å². The third kappa shape index (κ3) is 1.46. The number of carbonyl (C=O) groups is 2. The topological polar surface area (TPSA) is 45.6 Å². The zero-order valence-electron chi connectivity index (χ0n) is 12.2. The van der Waals surface area contributed by atoms with Crippen LogP contribution in [0, 0.1) is 0 Å². The fraction of sp³-hybridized carbons (Fsp3) is 0.375. The summed E-state index contributed by atoms with van der Waals surface area (Å²) in [7, 11) is 1.58. The second kappa shape index (κ2) is 4.10. The van der Waals surface area contributed by atoms with Crippen molar-refractivity contribution in [3.05, 3.63) is 35.5 Å². The largest absolute Gasteiger partial charge is 0.343 e. The van der Waals surface area contributed by atoms with Crippen LogP contribution in [0.3, 0.4) is 0 Å². The molecule has 108 valence electrons. The first-order chi connectivity index (χ1) is 10.1. The quantitative estimate of drug-likeness (QED) is 0.805. The number of rotatable bonds is 1. The summed E-state index contributed by atoms with van der Waals surface area (Å²) >= 11 is 0. The molecular formula is C16H17N3O2. The third-order valence-electron chi connectivity index (χ3n) is 4.72. The normalized spacial score (nSPS) is 21.1. The van der Waals surface area contributed by atoms with Crippen molar-refractivity contribution in [3.63, 3.8) is 0 Å². The lowest BCUT2D eigenvalue weighted by molar-refractivity contribution is -0.132. The van der Waals surface area contributed by atoms with Gasteiger partial charge in [-0.15, -0.1) is 0 Å². The fourth-order valence-corrected chi connectivity index (χ4v) is 3.75. The number of hydrogen-bond donors (Lipinski definition) is 0. The molecule has 1 saturated heterocycles. The molecule has 1 unspecified atom stereocenters. The Balaban J connectivity index is 2.03. The molecule has 0 radical (unpaired) electrons. The number of aromatic nitrogens is 1. The van der Waals surface area contributed by atoms with Gasteiger partial charge < -0.3 is 9.47 Å². The van der Waals surface area contributed by atoms with Gasteiger partial charge in [0.1, 0.15) is 0 Å². The maximum absolute atomic E-state index is 12.5. The molecule has 0 aliphatic carbocycles. The molecule has 5 heteroatoms. The van der Waals surface area contributed by atoms with E-state index in [0.29, 0.717) is 13.1 Å². The molecule has 1 atom stereocenters. The monoisotopic (exact) mass is 283 g/mol. The van der Waals surface area contributed by atoms with Crippen molar-refractivity contribution in [3.8, 4) is 0 Å². The van der Waals surface area contributed by atoms with E-state index in [2.05, 4.69) is 23.6 Å². The summed E-state index contributed by atoms with van der Waals surface area (Å²) in [5.74, 6) is -0.314. The van der Waals surface area contributed by atoms with Crippen LogP contribution in [-0.2, 0) is 17.9 Å². The van der Waals surface area contributed by atoms with Gasteiger partial charge in [-0.25, -0.2) is 4.79 Å². The molecule has 0 saturated carbocycles. The van der Waals surface area contributed by atoms with Crippen LogP contribution in [0.15, 0.2) is 24.3 Å². The predicted molar refractivity (Wildman–Crippen MR) is 78.9 cm³/mol. The van der Waals surface area contributed by atoms with E-state index in [1.165, 1.54) is 4.90 Å². The molecule has 0 N–H and O–H groups in total. The van der Waals surface area contributed by atoms with Crippen LogP contribution in [0.5, 0.6) is 0 Å². The molecule has 2 bridgehead atoms. The fourth-order valence-electron chi connectivity index (χ4n) is 3.75. The van der Waals surface area contributed by atoms with Crippen molar-refractivity contribution in [2.24, 2.45) is 0 Å². The minimum absolute atomic E-state index is 0.0868. The Morgan fingerprint density at radius 3 is 2.76 bits per heavy atom. The van der Waals surface area contributed by atoms with Crippen molar-refractivity contribution in [2.75, 3.05) is 13.6 Å². The van der Waals surface area contributed by atoms with E-state index in [4.69, 9.17) is 0 Å². The number of likely N-dealkylation sites (N-methyl/N-ethyl adjacent to an activating group) is 1. The van der Waals surface area contributed by atoms with Crippen molar-refractivity contribution in [2.45, 2.75) is 25.9 Å². The molecule has 3 heterocycles. The SMILES string of the molecule is CCn1c2c(c3ccccc31)C1CN(C2)C(=O)N(C)C1=O. The highest BCUT2D eigenvalue weighted by molar-refractivity contribution is 6.03. The number of hydrogen-bond acceptors (Lipinski definition) is 2. The highest BCUT2D eigenvalue weighted by Gasteiger charge is 2.44. The number of fused-ring (bicyclic) bond motifs is 6. The number of urea groups is 1. The maximum atomic E-state index is 12.5. The summed E-state index contributed by atoms with van der Waals surface area (Å²) in [6.07, 6.45) is 0. The predicted octanol–water partition coefficient (Wildman–Crippen LogP) is 2.15. The zero-order valence-corrected chi connectivity index (χ0v) is 12.2. The molecule has 3 amide bonds. The molecule has 2 aliphatic rings. The molecular weight excluding hydrogens is 266 g/mol. The van der Waals surface area contributed by atoms with Crippen molar-refractivity contribution >= 4 is 22.8 Å². The summed E-state index contributed by atoms with van der Waals surface area (Å²) in [4.78, 5) is 27.7. The third-order valence-corrected chi connectivity index (χ3v) is 4.72. The highest BCUT2D eigenvalue weighted by Crippen LogP contribution is 2.40. The lowest BCUT2D eigenvalue weighted by atomic mass is 9.89. The average Bonchev–Trinajstić information content (AvgIpc) is 2.84. The van der Waals surface area contributed by atoms with Crippen LogP contribution in [0.4, 0.5) is 4.79 Å². The number of imide groups is 1. The first-order valence-electron chi connectivity index (χ1n) is 7.30. The Hall–Kier alpha value is -2.30. The number of aryl methyl sites for hydroxylation is 1. The molecule has 1 fully saturated rings. The van der Waals surface area contributed by atoms with Crippen LogP contribution in [0.25, 0.3) is 10.9 Å². The Bertz CT molecular complexity index is 777. The van der Waals surface area contributed by atoms with E-state index < -0.39 is 0 Å². The van der Waals surface area contributed by atoms with Gasteiger partial charge in [0, 0.05) is 36.7 Å². The Morgan fingerprint density at radius 2 is 2.00 bits per heavy atom. The van der Waals surface area contributed by atoms with Crippen LogP contribution < -0.4 is 0 Å². The Kier molecular flexibility index (Phi) is 2.43. The van der Waals surface area contributed by atoms with E-state index in [1.54, 1.807) is 11.9 Å². The minimum Gasteiger partial charge on any atom is -0.343 e. The van der Waals surface area contributed by atoms with Gasteiger partial charge in [-0.3, -0.25) is 9.69 Å². The van der Waals surface area contributed by atoms with Gasteiger partial charge in [0.2, 0.25) is 5.91 Å². The molecule has 2 aromatic rings.